The van der Waals surface area contributed by atoms with E-state index in [9.17, 15) is 0 Å². The van der Waals surface area contributed by atoms with E-state index in [1.807, 2.05) is 12.3 Å². The highest BCUT2D eigenvalue weighted by atomic mass is 16.5. The Labute approximate surface area is 309 Å². The van der Waals surface area contributed by atoms with Gasteiger partial charge in [-0.25, -0.2) is 9.67 Å². The number of pyridine rings is 1. The Bertz CT molecular complexity index is 2740. The molecule has 5 nitrogen and oxygen atoms in total. The lowest BCUT2D eigenvalue weighted by Gasteiger charge is -2.17. The monoisotopic (exact) mass is 686 g/mol. The summed E-state index contributed by atoms with van der Waals surface area (Å²) in [6, 6.07) is 53.1. The fourth-order valence-electron chi connectivity index (χ4n) is 7.74. The molecule has 9 aromatic rings. The average Bonchev–Trinajstić information content (AvgIpc) is 3.67. The second-order valence-electron chi connectivity index (χ2n) is 13.7. The van der Waals surface area contributed by atoms with Gasteiger partial charge >= 0.3 is 0 Å². The van der Waals surface area contributed by atoms with Gasteiger partial charge in [-0.05, 0) is 104 Å². The molecule has 3 heterocycles. The van der Waals surface area contributed by atoms with Crippen LogP contribution in [0.1, 0.15) is 22.5 Å². The molecule has 256 valence electrons. The number of rotatable bonds is 7. The van der Waals surface area contributed by atoms with Crippen molar-refractivity contribution in [1.29, 1.82) is 0 Å². The Hall–Kier alpha value is -6.72. The molecule has 0 aliphatic heterocycles. The van der Waals surface area contributed by atoms with E-state index in [1.165, 1.54) is 33.2 Å². The first-order valence-electron chi connectivity index (χ1n) is 18.0. The van der Waals surface area contributed by atoms with E-state index < -0.39 is 0 Å². The topological polar surface area (TPSA) is 44.9 Å². The standard InChI is InChI=1S/C48H38N4O/c1-31-24-25-49-46(28-31)51-44-21-12-11-18-42(44)43-23-22-38(30-45(43)51)53-39-27-32(2)26-37(29-39)52-34(4)47(33(3)50-52)48-40(35-14-7-5-8-15-35)19-13-20-41(48)36-16-9-6-10-17-36/h5-30H,1-4H3. The summed E-state index contributed by atoms with van der Waals surface area (Å²) < 4.78 is 11.0. The van der Waals surface area contributed by atoms with Crippen LogP contribution in [0.5, 0.6) is 11.5 Å². The Balaban J connectivity index is 1.15. The number of benzene rings is 6. The summed E-state index contributed by atoms with van der Waals surface area (Å²) in [6.45, 7) is 8.48. The third-order valence-electron chi connectivity index (χ3n) is 10.1. The normalized spacial score (nSPS) is 11.4. The Morgan fingerprint density at radius 3 is 1.91 bits per heavy atom. The largest absolute Gasteiger partial charge is 0.457 e. The summed E-state index contributed by atoms with van der Waals surface area (Å²) >= 11 is 0. The summed E-state index contributed by atoms with van der Waals surface area (Å²) in [7, 11) is 0. The van der Waals surface area contributed by atoms with Gasteiger partial charge in [0.05, 0.1) is 22.4 Å². The van der Waals surface area contributed by atoms with Gasteiger partial charge in [-0.3, -0.25) is 4.57 Å². The van der Waals surface area contributed by atoms with Gasteiger partial charge in [0.15, 0.2) is 0 Å². The molecule has 53 heavy (non-hydrogen) atoms. The predicted octanol–water partition coefficient (Wildman–Crippen LogP) is 12.4. The first-order chi connectivity index (χ1) is 25.9. The molecule has 5 heteroatoms. The van der Waals surface area contributed by atoms with Gasteiger partial charge in [-0.1, -0.05) is 97.1 Å². The summed E-state index contributed by atoms with van der Waals surface area (Å²) in [4.78, 5) is 4.75. The smallest absolute Gasteiger partial charge is 0.137 e. The maximum Gasteiger partial charge on any atom is 0.137 e. The molecule has 0 atom stereocenters. The van der Waals surface area contributed by atoms with E-state index in [1.54, 1.807) is 0 Å². The van der Waals surface area contributed by atoms with Gasteiger partial charge in [0.1, 0.15) is 17.3 Å². The quantitative estimate of drug-likeness (QED) is 0.168. The molecule has 0 radical (unpaired) electrons. The van der Waals surface area contributed by atoms with Gasteiger partial charge < -0.3 is 4.74 Å². The Morgan fingerprint density at radius 1 is 0.509 bits per heavy atom. The molecule has 0 unspecified atom stereocenters. The number of aryl methyl sites for hydroxylation is 3. The molecule has 0 aliphatic carbocycles. The average molecular weight is 687 g/mol. The molecular formula is C48H38N4O. The van der Waals surface area contributed by atoms with E-state index in [2.05, 4.69) is 183 Å². The van der Waals surface area contributed by atoms with Crippen molar-refractivity contribution >= 4 is 21.8 Å². The number of aromatic nitrogens is 4. The molecule has 0 N–H and O–H groups in total. The minimum absolute atomic E-state index is 0.749. The minimum atomic E-state index is 0.749. The molecule has 0 saturated carbocycles. The molecule has 6 aromatic carbocycles. The van der Waals surface area contributed by atoms with E-state index in [0.29, 0.717) is 0 Å². The number of hydrogen-bond donors (Lipinski definition) is 0. The second-order valence-corrected chi connectivity index (χ2v) is 13.7. The molecule has 0 fully saturated rings. The zero-order valence-electron chi connectivity index (χ0n) is 30.2. The summed E-state index contributed by atoms with van der Waals surface area (Å²) in [6.07, 6.45) is 1.87. The minimum Gasteiger partial charge on any atom is -0.457 e. The zero-order valence-corrected chi connectivity index (χ0v) is 30.2. The third kappa shape index (κ3) is 5.77. The summed E-state index contributed by atoms with van der Waals surface area (Å²) in [5.41, 5.74) is 14.4. The fourth-order valence-corrected chi connectivity index (χ4v) is 7.74. The number of ether oxygens (including phenoxy) is 1. The van der Waals surface area contributed by atoms with Crippen LogP contribution < -0.4 is 4.74 Å². The Morgan fingerprint density at radius 2 is 1.19 bits per heavy atom. The van der Waals surface area contributed by atoms with Gasteiger partial charge in [-0.2, -0.15) is 5.10 Å². The number of para-hydroxylation sites is 1. The predicted molar refractivity (Wildman–Crippen MR) is 217 cm³/mol. The van der Waals surface area contributed by atoms with Crippen LogP contribution >= 0.6 is 0 Å². The van der Waals surface area contributed by atoms with Crippen molar-refractivity contribution in [1.82, 2.24) is 19.3 Å². The molecule has 3 aromatic heterocycles. The van der Waals surface area contributed by atoms with Crippen molar-refractivity contribution in [2.45, 2.75) is 27.7 Å². The molecule has 0 saturated heterocycles. The van der Waals surface area contributed by atoms with Crippen LogP contribution in [-0.4, -0.2) is 19.3 Å². The number of fused-ring (bicyclic) bond motifs is 3. The van der Waals surface area contributed by atoms with E-state index in [0.717, 1.165) is 67.5 Å². The lowest BCUT2D eigenvalue weighted by molar-refractivity contribution is 0.482. The maximum absolute atomic E-state index is 6.68. The highest BCUT2D eigenvalue weighted by Crippen LogP contribution is 2.43. The molecular weight excluding hydrogens is 649 g/mol. The number of nitrogens with zero attached hydrogens (tertiary/aromatic N) is 4. The van der Waals surface area contributed by atoms with Gasteiger partial charge in [0, 0.05) is 45.9 Å². The van der Waals surface area contributed by atoms with E-state index in [-0.39, 0.29) is 0 Å². The van der Waals surface area contributed by atoms with Crippen molar-refractivity contribution in [3.63, 3.8) is 0 Å². The summed E-state index contributed by atoms with van der Waals surface area (Å²) in [5.74, 6) is 2.39. The lowest BCUT2D eigenvalue weighted by Crippen LogP contribution is -2.01. The molecule has 0 aliphatic rings. The van der Waals surface area contributed by atoms with Crippen LogP contribution in [-0.2, 0) is 0 Å². The first kappa shape index (κ1) is 32.2. The van der Waals surface area contributed by atoms with Crippen LogP contribution in [0.2, 0.25) is 0 Å². The second kappa shape index (κ2) is 13.1. The van der Waals surface area contributed by atoms with Crippen molar-refractivity contribution in [3.05, 3.63) is 180 Å². The van der Waals surface area contributed by atoms with Crippen LogP contribution in [0, 0.1) is 27.7 Å². The lowest BCUT2D eigenvalue weighted by atomic mass is 9.87. The highest BCUT2D eigenvalue weighted by Gasteiger charge is 2.22. The molecule has 0 spiro atoms. The molecule has 0 amide bonds. The number of hydrogen-bond acceptors (Lipinski definition) is 3. The fraction of sp³-hybridized carbons (Fsp3) is 0.0833. The zero-order chi connectivity index (χ0) is 36.1. The van der Waals surface area contributed by atoms with Gasteiger partial charge in [0.25, 0.3) is 0 Å². The van der Waals surface area contributed by atoms with Crippen molar-refractivity contribution in [3.8, 4) is 56.4 Å². The highest BCUT2D eigenvalue weighted by molar-refractivity contribution is 6.09. The van der Waals surface area contributed by atoms with Crippen LogP contribution in [0.25, 0.3) is 66.7 Å². The molecule has 9 rings (SSSR count). The van der Waals surface area contributed by atoms with E-state index in [4.69, 9.17) is 14.8 Å². The van der Waals surface area contributed by atoms with Gasteiger partial charge in [-0.15, -0.1) is 0 Å². The van der Waals surface area contributed by atoms with E-state index >= 15 is 0 Å². The van der Waals surface area contributed by atoms with Crippen LogP contribution in [0.4, 0.5) is 0 Å². The van der Waals surface area contributed by atoms with Crippen LogP contribution in [0.3, 0.4) is 0 Å². The van der Waals surface area contributed by atoms with Crippen molar-refractivity contribution in [2.24, 2.45) is 0 Å². The van der Waals surface area contributed by atoms with Crippen LogP contribution in [0.15, 0.2) is 158 Å². The van der Waals surface area contributed by atoms with Crippen molar-refractivity contribution in [2.75, 3.05) is 0 Å². The third-order valence-corrected chi connectivity index (χ3v) is 10.1. The summed E-state index contributed by atoms with van der Waals surface area (Å²) in [5, 5.41) is 7.52. The van der Waals surface area contributed by atoms with Gasteiger partial charge in [0.2, 0.25) is 0 Å². The Kier molecular flexibility index (Phi) is 7.97. The molecule has 0 bridgehead atoms. The van der Waals surface area contributed by atoms with Crippen molar-refractivity contribution < 1.29 is 4.74 Å². The SMILES string of the molecule is Cc1cc(Oc2ccc3c4ccccc4n(-c4cc(C)ccn4)c3c2)cc(-n2nc(C)c(-c3c(-c4ccccc4)cccc3-c3ccccc3)c2C)c1. The first-order valence-corrected chi connectivity index (χ1v) is 18.0. The maximum atomic E-state index is 6.68.